The standard InChI is InChI=1S/C14H20BrN3O/c1-10-4-5-11(6-13(10)15)18-8-12(7-16-2)17(3)9-14(18)19/h4-6,12,16H,7-9H2,1-3H3. The number of rotatable bonds is 3. The van der Waals surface area contributed by atoms with Crippen molar-refractivity contribution in [1.29, 1.82) is 0 Å². The fraction of sp³-hybridized carbons (Fsp3) is 0.500. The largest absolute Gasteiger partial charge is 0.318 e. The number of hydrogen-bond donors (Lipinski definition) is 1. The summed E-state index contributed by atoms with van der Waals surface area (Å²) in [5.74, 6) is 0.158. The van der Waals surface area contributed by atoms with E-state index in [2.05, 4.69) is 26.1 Å². The van der Waals surface area contributed by atoms with Gasteiger partial charge in [-0.05, 0) is 38.7 Å². The fourth-order valence-corrected chi connectivity index (χ4v) is 2.70. The van der Waals surface area contributed by atoms with Crippen LogP contribution < -0.4 is 10.2 Å². The average molecular weight is 326 g/mol. The maximum Gasteiger partial charge on any atom is 0.241 e. The second kappa shape index (κ2) is 6.03. The van der Waals surface area contributed by atoms with Gasteiger partial charge in [0.25, 0.3) is 0 Å². The zero-order valence-corrected chi connectivity index (χ0v) is 13.2. The van der Waals surface area contributed by atoms with E-state index in [0.29, 0.717) is 12.6 Å². The van der Waals surface area contributed by atoms with E-state index in [1.54, 1.807) is 0 Å². The van der Waals surface area contributed by atoms with E-state index in [4.69, 9.17) is 0 Å². The van der Waals surface area contributed by atoms with Crippen molar-refractivity contribution >= 4 is 27.5 Å². The SMILES string of the molecule is CNCC1CN(c2ccc(C)c(Br)c2)C(=O)CN1C. The Morgan fingerprint density at radius 3 is 2.84 bits per heavy atom. The lowest BCUT2D eigenvalue weighted by Crippen LogP contribution is -2.57. The monoisotopic (exact) mass is 325 g/mol. The van der Waals surface area contributed by atoms with E-state index >= 15 is 0 Å². The van der Waals surface area contributed by atoms with Crippen LogP contribution in [0.25, 0.3) is 0 Å². The van der Waals surface area contributed by atoms with Gasteiger partial charge in [-0.2, -0.15) is 0 Å². The third-order valence-corrected chi connectivity index (χ3v) is 4.46. The molecule has 104 valence electrons. The van der Waals surface area contributed by atoms with Crippen molar-refractivity contribution in [2.75, 3.05) is 38.6 Å². The maximum atomic E-state index is 12.2. The number of benzene rings is 1. The number of carbonyl (C=O) groups excluding carboxylic acids is 1. The lowest BCUT2D eigenvalue weighted by atomic mass is 10.1. The van der Waals surface area contributed by atoms with E-state index in [0.717, 1.165) is 23.2 Å². The minimum atomic E-state index is 0.158. The lowest BCUT2D eigenvalue weighted by Gasteiger charge is -2.39. The number of halogens is 1. The first-order valence-corrected chi connectivity index (χ1v) is 7.23. The van der Waals surface area contributed by atoms with Gasteiger partial charge in [0.05, 0.1) is 6.54 Å². The Hall–Kier alpha value is -0.910. The molecule has 1 aromatic rings. The molecular weight excluding hydrogens is 306 g/mol. The minimum Gasteiger partial charge on any atom is -0.318 e. The Morgan fingerprint density at radius 2 is 2.21 bits per heavy atom. The molecule has 2 rings (SSSR count). The van der Waals surface area contributed by atoms with E-state index in [1.807, 2.05) is 44.1 Å². The quantitative estimate of drug-likeness (QED) is 0.917. The summed E-state index contributed by atoms with van der Waals surface area (Å²) in [7, 11) is 3.94. The first kappa shape index (κ1) is 14.5. The molecule has 5 heteroatoms. The second-order valence-corrected chi connectivity index (χ2v) is 5.92. The molecule has 0 aliphatic carbocycles. The third kappa shape index (κ3) is 3.16. The molecule has 0 spiro atoms. The number of aryl methyl sites for hydroxylation is 1. The lowest BCUT2D eigenvalue weighted by molar-refractivity contribution is -0.121. The molecule has 1 amide bonds. The van der Waals surface area contributed by atoms with Gasteiger partial charge in [0.2, 0.25) is 5.91 Å². The Labute approximate surface area is 122 Å². The first-order valence-electron chi connectivity index (χ1n) is 6.44. The van der Waals surface area contributed by atoms with Gasteiger partial charge in [0, 0.05) is 29.3 Å². The van der Waals surface area contributed by atoms with Gasteiger partial charge >= 0.3 is 0 Å². The Bertz CT molecular complexity index is 478. The van der Waals surface area contributed by atoms with Crippen molar-refractivity contribution < 1.29 is 4.79 Å². The highest BCUT2D eigenvalue weighted by molar-refractivity contribution is 9.10. The molecule has 1 fully saturated rings. The van der Waals surface area contributed by atoms with Crippen molar-refractivity contribution in [2.24, 2.45) is 0 Å². The van der Waals surface area contributed by atoms with Crippen molar-refractivity contribution in [2.45, 2.75) is 13.0 Å². The van der Waals surface area contributed by atoms with Gasteiger partial charge in [-0.3, -0.25) is 9.69 Å². The summed E-state index contributed by atoms with van der Waals surface area (Å²) in [5.41, 5.74) is 2.15. The average Bonchev–Trinajstić information content (AvgIpc) is 2.36. The van der Waals surface area contributed by atoms with Crippen LogP contribution in [0.15, 0.2) is 22.7 Å². The summed E-state index contributed by atoms with van der Waals surface area (Å²) in [4.78, 5) is 16.2. The first-order chi connectivity index (χ1) is 9.02. The van der Waals surface area contributed by atoms with Crippen LogP contribution in [0.1, 0.15) is 5.56 Å². The highest BCUT2D eigenvalue weighted by Gasteiger charge is 2.30. The molecule has 1 aliphatic heterocycles. The Balaban J connectivity index is 2.22. The minimum absolute atomic E-state index is 0.158. The predicted molar refractivity (Wildman–Crippen MR) is 81.6 cm³/mol. The van der Waals surface area contributed by atoms with Crippen molar-refractivity contribution in [3.8, 4) is 0 Å². The summed E-state index contributed by atoms with van der Waals surface area (Å²) < 4.78 is 1.04. The summed E-state index contributed by atoms with van der Waals surface area (Å²) >= 11 is 3.53. The molecule has 1 saturated heterocycles. The number of nitrogens with one attached hydrogen (secondary N) is 1. The topological polar surface area (TPSA) is 35.6 Å². The van der Waals surface area contributed by atoms with E-state index in [9.17, 15) is 4.79 Å². The molecule has 19 heavy (non-hydrogen) atoms. The predicted octanol–water partition coefficient (Wildman–Crippen LogP) is 1.62. The molecular formula is C14H20BrN3O. The van der Waals surface area contributed by atoms with Crippen LogP contribution in [0, 0.1) is 6.92 Å². The molecule has 1 aliphatic rings. The molecule has 1 atom stereocenters. The smallest absolute Gasteiger partial charge is 0.241 e. The van der Waals surface area contributed by atoms with Crippen LogP contribution in [-0.4, -0.2) is 50.6 Å². The molecule has 0 aromatic heterocycles. The normalized spacial score (nSPS) is 20.9. The summed E-state index contributed by atoms with van der Waals surface area (Å²) in [6.07, 6.45) is 0. The Kier molecular flexibility index (Phi) is 4.60. The van der Waals surface area contributed by atoms with Crippen LogP contribution in [0.2, 0.25) is 0 Å². The van der Waals surface area contributed by atoms with Gasteiger partial charge in [-0.15, -0.1) is 0 Å². The molecule has 0 saturated carbocycles. The van der Waals surface area contributed by atoms with Crippen molar-refractivity contribution in [3.63, 3.8) is 0 Å². The Morgan fingerprint density at radius 1 is 1.47 bits per heavy atom. The van der Waals surface area contributed by atoms with Gasteiger partial charge in [-0.1, -0.05) is 22.0 Å². The van der Waals surface area contributed by atoms with E-state index < -0.39 is 0 Å². The number of amides is 1. The molecule has 0 radical (unpaired) electrons. The van der Waals surface area contributed by atoms with Gasteiger partial charge in [0.1, 0.15) is 0 Å². The fourth-order valence-electron chi connectivity index (χ4n) is 2.33. The maximum absolute atomic E-state index is 12.2. The molecule has 1 unspecified atom stereocenters. The van der Waals surface area contributed by atoms with Crippen LogP contribution in [0.3, 0.4) is 0 Å². The van der Waals surface area contributed by atoms with Crippen LogP contribution in [0.4, 0.5) is 5.69 Å². The van der Waals surface area contributed by atoms with E-state index in [1.165, 1.54) is 5.56 Å². The second-order valence-electron chi connectivity index (χ2n) is 5.06. The van der Waals surface area contributed by atoms with Gasteiger partial charge < -0.3 is 10.2 Å². The van der Waals surface area contributed by atoms with Crippen molar-refractivity contribution in [3.05, 3.63) is 28.2 Å². The number of piperazine rings is 1. The molecule has 1 heterocycles. The number of anilines is 1. The zero-order chi connectivity index (χ0) is 14.0. The number of likely N-dealkylation sites (N-methyl/N-ethyl adjacent to an activating group) is 2. The summed E-state index contributed by atoms with van der Waals surface area (Å²) in [5, 5.41) is 3.19. The zero-order valence-electron chi connectivity index (χ0n) is 11.6. The third-order valence-electron chi connectivity index (χ3n) is 3.61. The number of carbonyl (C=O) groups is 1. The molecule has 1 aromatic carbocycles. The number of hydrogen-bond acceptors (Lipinski definition) is 3. The van der Waals surface area contributed by atoms with Gasteiger partial charge in [-0.25, -0.2) is 0 Å². The highest BCUT2D eigenvalue weighted by atomic mass is 79.9. The van der Waals surface area contributed by atoms with Crippen molar-refractivity contribution in [1.82, 2.24) is 10.2 Å². The summed E-state index contributed by atoms with van der Waals surface area (Å²) in [6.45, 7) is 4.13. The van der Waals surface area contributed by atoms with Crippen LogP contribution in [-0.2, 0) is 4.79 Å². The highest BCUT2D eigenvalue weighted by Crippen LogP contribution is 2.25. The molecule has 1 N–H and O–H groups in total. The van der Waals surface area contributed by atoms with E-state index in [-0.39, 0.29) is 5.91 Å². The molecule has 0 bridgehead atoms. The summed E-state index contributed by atoms with van der Waals surface area (Å²) in [6, 6.07) is 6.43. The number of nitrogens with zero attached hydrogens (tertiary/aromatic N) is 2. The van der Waals surface area contributed by atoms with Crippen LogP contribution >= 0.6 is 15.9 Å². The molecule has 4 nitrogen and oxygen atoms in total. The van der Waals surface area contributed by atoms with Gasteiger partial charge in [0.15, 0.2) is 0 Å². The van der Waals surface area contributed by atoms with Crippen LogP contribution in [0.5, 0.6) is 0 Å².